The maximum atomic E-state index is 12.5. The van der Waals surface area contributed by atoms with Crippen molar-refractivity contribution in [3.05, 3.63) is 71.3 Å². The SMILES string of the molecule is COC(=O)c1ccc(/C=C2\CC(=O)N(c3ccccc3)C2=O)cc1. The molecule has 24 heavy (non-hydrogen) atoms. The molecule has 120 valence electrons. The van der Waals surface area contributed by atoms with Crippen molar-refractivity contribution in [2.45, 2.75) is 6.42 Å². The summed E-state index contributed by atoms with van der Waals surface area (Å²) in [5, 5.41) is 0. The third kappa shape index (κ3) is 2.96. The summed E-state index contributed by atoms with van der Waals surface area (Å²) in [6.07, 6.45) is 1.73. The van der Waals surface area contributed by atoms with Gasteiger partial charge in [0, 0.05) is 5.57 Å². The first kappa shape index (κ1) is 15.7. The van der Waals surface area contributed by atoms with Crippen molar-refractivity contribution in [3.63, 3.8) is 0 Å². The van der Waals surface area contributed by atoms with Gasteiger partial charge in [-0.3, -0.25) is 9.59 Å². The molecule has 0 atom stereocenters. The number of methoxy groups -OCH3 is 1. The van der Waals surface area contributed by atoms with E-state index >= 15 is 0 Å². The Morgan fingerprint density at radius 1 is 1.04 bits per heavy atom. The smallest absolute Gasteiger partial charge is 0.337 e. The van der Waals surface area contributed by atoms with Crippen LogP contribution >= 0.6 is 0 Å². The molecule has 1 heterocycles. The summed E-state index contributed by atoms with van der Waals surface area (Å²) in [6.45, 7) is 0. The Morgan fingerprint density at radius 2 is 1.71 bits per heavy atom. The third-order valence-electron chi connectivity index (χ3n) is 3.76. The number of hydrogen-bond donors (Lipinski definition) is 0. The van der Waals surface area contributed by atoms with Crippen LogP contribution in [0.3, 0.4) is 0 Å². The molecule has 0 bridgehead atoms. The topological polar surface area (TPSA) is 63.7 Å². The lowest BCUT2D eigenvalue weighted by atomic mass is 10.1. The van der Waals surface area contributed by atoms with Gasteiger partial charge < -0.3 is 4.74 Å². The number of amides is 2. The lowest BCUT2D eigenvalue weighted by Gasteiger charge is -2.12. The highest BCUT2D eigenvalue weighted by Gasteiger charge is 2.34. The molecule has 0 aromatic heterocycles. The molecule has 0 spiro atoms. The van der Waals surface area contributed by atoms with E-state index in [1.807, 2.05) is 6.07 Å². The van der Waals surface area contributed by atoms with Crippen LogP contribution in [0, 0.1) is 0 Å². The predicted octanol–water partition coefficient (Wildman–Crippen LogP) is 2.82. The van der Waals surface area contributed by atoms with E-state index in [4.69, 9.17) is 0 Å². The number of hydrogen-bond acceptors (Lipinski definition) is 4. The van der Waals surface area contributed by atoms with Crippen LogP contribution in [0.2, 0.25) is 0 Å². The van der Waals surface area contributed by atoms with Crippen molar-refractivity contribution in [1.82, 2.24) is 0 Å². The average molecular weight is 321 g/mol. The van der Waals surface area contributed by atoms with Gasteiger partial charge in [-0.1, -0.05) is 30.3 Å². The van der Waals surface area contributed by atoms with Gasteiger partial charge in [-0.15, -0.1) is 0 Å². The summed E-state index contributed by atoms with van der Waals surface area (Å²) in [4.78, 5) is 37.3. The van der Waals surface area contributed by atoms with Crippen LogP contribution in [0.4, 0.5) is 5.69 Å². The normalized spacial score (nSPS) is 15.9. The molecule has 5 heteroatoms. The van der Waals surface area contributed by atoms with Crippen LogP contribution < -0.4 is 4.90 Å². The van der Waals surface area contributed by atoms with E-state index in [1.165, 1.54) is 12.0 Å². The fourth-order valence-corrected chi connectivity index (χ4v) is 2.56. The van der Waals surface area contributed by atoms with Gasteiger partial charge in [0.2, 0.25) is 5.91 Å². The molecule has 5 nitrogen and oxygen atoms in total. The first-order valence-corrected chi connectivity index (χ1v) is 7.41. The second-order valence-corrected chi connectivity index (χ2v) is 5.33. The molecular formula is C19H15NO4. The molecule has 2 amide bonds. The van der Waals surface area contributed by atoms with E-state index in [0.29, 0.717) is 16.8 Å². The number of esters is 1. The summed E-state index contributed by atoms with van der Waals surface area (Å²) >= 11 is 0. The van der Waals surface area contributed by atoms with Crippen LogP contribution in [0.1, 0.15) is 22.3 Å². The molecule has 0 N–H and O–H groups in total. The van der Waals surface area contributed by atoms with Gasteiger partial charge in [-0.05, 0) is 35.9 Å². The highest BCUT2D eigenvalue weighted by Crippen LogP contribution is 2.27. The monoisotopic (exact) mass is 321 g/mol. The molecule has 0 saturated carbocycles. The first-order chi connectivity index (χ1) is 11.6. The van der Waals surface area contributed by atoms with Gasteiger partial charge in [0.15, 0.2) is 0 Å². The summed E-state index contributed by atoms with van der Waals surface area (Å²) in [6, 6.07) is 15.5. The van der Waals surface area contributed by atoms with Gasteiger partial charge in [-0.25, -0.2) is 9.69 Å². The zero-order valence-corrected chi connectivity index (χ0v) is 13.1. The van der Waals surface area contributed by atoms with Crippen molar-refractivity contribution in [2.24, 2.45) is 0 Å². The molecule has 1 aliphatic heterocycles. The molecule has 0 radical (unpaired) electrons. The molecular weight excluding hydrogens is 306 g/mol. The predicted molar refractivity (Wildman–Crippen MR) is 89.3 cm³/mol. The number of ether oxygens (including phenoxy) is 1. The fourth-order valence-electron chi connectivity index (χ4n) is 2.56. The average Bonchev–Trinajstić information content (AvgIpc) is 2.89. The minimum absolute atomic E-state index is 0.0620. The van der Waals surface area contributed by atoms with Crippen molar-refractivity contribution in [3.8, 4) is 0 Å². The third-order valence-corrected chi connectivity index (χ3v) is 3.76. The van der Waals surface area contributed by atoms with Gasteiger partial charge in [0.1, 0.15) is 0 Å². The lowest BCUT2D eigenvalue weighted by molar-refractivity contribution is -0.120. The Kier molecular flexibility index (Phi) is 4.24. The van der Waals surface area contributed by atoms with Gasteiger partial charge in [0.05, 0.1) is 24.8 Å². The highest BCUT2D eigenvalue weighted by molar-refractivity contribution is 6.29. The van der Waals surface area contributed by atoms with E-state index in [1.54, 1.807) is 54.6 Å². The van der Waals surface area contributed by atoms with Crippen LogP contribution in [0.5, 0.6) is 0 Å². The van der Waals surface area contributed by atoms with Crippen LogP contribution in [0.25, 0.3) is 6.08 Å². The number of benzene rings is 2. The van der Waals surface area contributed by atoms with Crippen molar-refractivity contribution in [2.75, 3.05) is 12.0 Å². The van der Waals surface area contributed by atoms with E-state index in [0.717, 1.165) is 5.56 Å². The fraction of sp³-hybridized carbons (Fsp3) is 0.105. The summed E-state index contributed by atoms with van der Waals surface area (Å²) in [5.74, 6) is -0.983. The van der Waals surface area contributed by atoms with Crippen molar-refractivity contribution >= 4 is 29.5 Å². The van der Waals surface area contributed by atoms with Crippen LogP contribution in [0.15, 0.2) is 60.2 Å². The van der Waals surface area contributed by atoms with Crippen molar-refractivity contribution < 1.29 is 19.1 Å². The standard InChI is InChI=1S/C19H15NO4/c1-24-19(23)14-9-7-13(8-10-14)11-15-12-17(21)20(18(15)22)16-5-3-2-4-6-16/h2-11H,12H2,1H3/b15-11+. The molecule has 3 rings (SSSR count). The van der Waals surface area contributed by atoms with E-state index in [9.17, 15) is 14.4 Å². The summed E-state index contributed by atoms with van der Waals surface area (Å²) in [5.41, 5.74) is 2.17. The zero-order chi connectivity index (χ0) is 17.1. The number of carbonyl (C=O) groups excluding carboxylic acids is 3. The quantitative estimate of drug-likeness (QED) is 0.495. The van der Waals surface area contributed by atoms with Gasteiger partial charge in [-0.2, -0.15) is 0 Å². The van der Waals surface area contributed by atoms with E-state index < -0.39 is 5.97 Å². The second-order valence-electron chi connectivity index (χ2n) is 5.33. The lowest BCUT2D eigenvalue weighted by Crippen LogP contribution is -2.28. The molecule has 0 aliphatic carbocycles. The van der Waals surface area contributed by atoms with Gasteiger partial charge >= 0.3 is 5.97 Å². The van der Waals surface area contributed by atoms with Crippen LogP contribution in [-0.2, 0) is 14.3 Å². The first-order valence-electron chi connectivity index (χ1n) is 7.41. The summed E-state index contributed by atoms with van der Waals surface area (Å²) < 4.78 is 4.64. The van der Waals surface area contributed by atoms with Gasteiger partial charge in [0.25, 0.3) is 5.91 Å². The van der Waals surface area contributed by atoms with E-state index in [-0.39, 0.29) is 18.2 Å². The van der Waals surface area contributed by atoms with E-state index in [2.05, 4.69) is 4.74 Å². The molecule has 1 aliphatic rings. The number of carbonyl (C=O) groups is 3. The van der Waals surface area contributed by atoms with Crippen molar-refractivity contribution in [1.29, 1.82) is 0 Å². The molecule has 2 aromatic carbocycles. The number of para-hydroxylation sites is 1. The number of anilines is 1. The largest absolute Gasteiger partial charge is 0.465 e. The Morgan fingerprint density at radius 3 is 2.33 bits per heavy atom. The second kappa shape index (κ2) is 6.50. The molecule has 0 unspecified atom stereocenters. The van der Waals surface area contributed by atoms with Crippen LogP contribution in [-0.4, -0.2) is 24.9 Å². The minimum atomic E-state index is -0.420. The molecule has 1 fully saturated rings. The number of nitrogens with zero attached hydrogens (tertiary/aromatic N) is 1. The Labute approximate surface area is 139 Å². The Bertz CT molecular complexity index is 822. The Balaban J connectivity index is 1.85. The minimum Gasteiger partial charge on any atom is -0.465 e. The molecule has 2 aromatic rings. The highest BCUT2D eigenvalue weighted by atomic mass is 16.5. The molecule has 1 saturated heterocycles. The maximum absolute atomic E-state index is 12.5. The number of rotatable bonds is 3. The zero-order valence-electron chi connectivity index (χ0n) is 13.1. The Hall–Kier alpha value is -3.21. The summed E-state index contributed by atoms with van der Waals surface area (Å²) in [7, 11) is 1.32. The number of imide groups is 1. The maximum Gasteiger partial charge on any atom is 0.337 e.